The van der Waals surface area contributed by atoms with Crippen LogP contribution in [-0.2, 0) is 4.74 Å². The summed E-state index contributed by atoms with van der Waals surface area (Å²) < 4.78 is 7.30. The average molecular weight is 331 g/mol. The Morgan fingerprint density at radius 3 is 2.78 bits per heavy atom. The Labute approximate surface area is 139 Å². The van der Waals surface area contributed by atoms with Crippen molar-refractivity contribution in [1.29, 1.82) is 0 Å². The molecule has 6 heteroatoms. The minimum absolute atomic E-state index is 0.118. The van der Waals surface area contributed by atoms with Crippen molar-refractivity contribution in [3.8, 4) is 0 Å². The van der Waals surface area contributed by atoms with Gasteiger partial charge in [-0.25, -0.2) is 4.98 Å². The fourth-order valence-corrected chi connectivity index (χ4v) is 4.04. The average Bonchev–Trinajstić information content (AvgIpc) is 3.41. The van der Waals surface area contributed by atoms with E-state index < -0.39 is 0 Å². The number of benzene rings is 1. The van der Waals surface area contributed by atoms with Crippen LogP contribution < -0.4 is 5.56 Å². The first kappa shape index (κ1) is 15.2. The third kappa shape index (κ3) is 3.29. The maximum atomic E-state index is 12.8. The second-order valence-electron chi connectivity index (χ2n) is 6.12. The molecule has 0 spiro atoms. The fourth-order valence-electron chi connectivity index (χ4n) is 2.97. The molecule has 1 aliphatic carbocycles. The lowest BCUT2D eigenvalue weighted by atomic mass is 10.2. The summed E-state index contributed by atoms with van der Waals surface area (Å²) in [6, 6.07) is 8.02. The van der Waals surface area contributed by atoms with E-state index in [2.05, 4.69) is 4.90 Å². The Morgan fingerprint density at radius 1 is 1.22 bits per heavy atom. The minimum Gasteiger partial charge on any atom is -0.379 e. The number of hydrogen-bond donors (Lipinski definition) is 0. The third-order valence-electron chi connectivity index (χ3n) is 4.43. The SMILES string of the molecule is O=c1c2ccccc2nc(SCCN2CCOCC2)n1C1CC1. The molecule has 0 N–H and O–H groups in total. The molecule has 0 bridgehead atoms. The number of morpholine rings is 1. The number of fused-ring (bicyclic) bond motifs is 1. The van der Waals surface area contributed by atoms with E-state index in [0.717, 1.165) is 67.5 Å². The predicted octanol–water partition coefficient (Wildman–Crippen LogP) is 2.16. The Morgan fingerprint density at radius 2 is 2.00 bits per heavy atom. The molecule has 0 atom stereocenters. The van der Waals surface area contributed by atoms with Crippen molar-refractivity contribution in [1.82, 2.24) is 14.5 Å². The normalized spacial score (nSPS) is 19.3. The zero-order valence-electron chi connectivity index (χ0n) is 13.1. The van der Waals surface area contributed by atoms with Gasteiger partial charge in [-0.2, -0.15) is 0 Å². The predicted molar refractivity (Wildman–Crippen MR) is 92.3 cm³/mol. The number of thioether (sulfide) groups is 1. The molecule has 2 aliphatic rings. The summed E-state index contributed by atoms with van der Waals surface area (Å²) in [4.78, 5) is 20.0. The summed E-state index contributed by atoms with van der Waals surface area (Å²) in [5.41, 5.74) is 0.926. The summed E-state index contributed by atoms with van der Waals surface area (Å²) in [6.45, 7) is 4.67. The molecule has 4 rings (SSSR count). The molecule has 1 aromatic heterocycles. The highest BCUT2D eigenvalue weighted by Crippen LogP contribution is 2.36. The van der Waals surface area contributed by atoms with Gasteiger partial charge in [0.25, 0.3) is 5.56 Å². The van der Waals surface area contributed by atoms with Crippen molar-refractivity contribution in [2.75, 3.05) is 38.6 Å². The lowest BCUT2D eigenvalue weighted by Crippen LogP contribution is -2.37. The summed E-state index contributed by atoms with van der Waals surface area (Å²) in [5.74, 6) is 0.956. The van der Waals surface area contributed by atoms with Crippen molar-refractivity contribution in [2.24, 2.45) is 0 Å². The molecule has 2 heterocycles. The van der Waals surface area contributed by atoms with Gasteiger partial charge in [0.1, 0.15) is 0 Å². The fraction of sp³-hybridized carbons (Fsp3) is 0.529. The Bertz CT molecular complexity index is 751. The van der Waals surface area contributed by atoms with Crippen LogP contribution in [-0.4, -0.2) is 53.1 Å². The highest BCUT2D eigenvalue weighted by Gasteiger charge is 2.28. The number of rotatable bonds is 5. The Balaban J connectivity index is 1.55. The van der Waals surface area contributed by atoms with Gasteiger partial charge in [0.15, 0.2) is 5.16 Å². The molecule has 0 unspecified atom stereocenters. The summed E-state index contributed by atoms with van der Waals surface area (Å²) in [5, 5.41) is 1.61. The van der Waals surface area contributed by atoms with Gasteiger partial charge in [-0.05, 0) is 25.0 Å². The monoisotopic (exact) mass is 331 g/mol. The van der Waals surface area contributed by atoms with Gasteiger partial charge in [-0.3, -0.25) is 14.3 Å². The van der Waals surface area contributed by atoms with Crippen molar-refractivity contribution in [3.05, 3.63) is 34.6 Å². The van der Waals surface area contributed by atoms with E-state index in [-0.39, 0.29) is 5.56 Å². The molecule has 1 aliphatic heterocycles. The van der Waals surface area contributed by atoms with E-state index >= 15 is 0 Å². The van der Waals surface area contributed by atoms with Gasteiger partial charge in [0.05, 0.1) is 24.1 Å². The molecular formula is C17H21N3O2S. The van der Waals surface area contributed by atoms with Gasteiger partial charge in [0, 0.05) is 31.4 Å². The number of nitrogens with zero attached hydrogens (tertiary/aromatic N) is 3. The lowest BCUT2D eigenvalue weighted by Gasteiger charge is -2.26. The molecule has 2 fully saturated rings. The van der Waals surface area contributed by atoms with Gasteiger partial charge >= 0.3 is 0 Å². The quantitative estimate of drug-likeness (QED) is 0.621. The molecule has 5 nitrogen and oxygen atoms in total. The van der Waals surface area contributed by atoms with E-state index in [1.165, 1.54) is 0 Å². The number of ether oxygens (including phenoxy) is 1. The summed E-state index contributed by atoms with van der Waals surface area (Å²) in [7, 11) is 0. The lowest BCUT2D eigenvalue weighted by molar-refractivity contribution is 0.0410. The first-order chi connectivity index (χ1) is 11.3. The van der Waals surface area contributed by atoms with Crippen molar-refractivity contribution >= 4 is 22.7 Å². The van der Waals surface area contributed by atoms with Gasteiger partial charge < -0.3 is 4.74 Å². The second kappa shape index (κ2) is 6.63. The maximum Gasteiger partial charge on any atom is 0.262 e. The van der Waals surface area contributed by atoms with E-state index in [1.807, 2.05) is 28.8 Å². The van der Waals surface area contributed by atoms with Crippen molar-refractivity contribution < 1.29 is 4.74 Å². The minimum atomic E-state index is 0.118. The number of hydrogen-bond acceptors (Lipinski definition) is 5. The standard InChI is InChI=1S/C17H21N3O2S/c21-16-14-3-1-2-4-15(14)18-17(20(16)13-5-6-13)23-12-9-19-7-10-22-11-8-19/h1-4,13H,5-12H2. The molecule has 1 saturated carbocycles. The molecule has 23 heavy (non-hydrogen) atoms. The van der Waals surface area contributed by atoms with Crippen LogP contribution >= 0.6 is 11.8 Å². The molecule has 0 amide bonds. The zero-order valence-corrected chi connectivity index (χ0v) is 13.9. The molecule has 0 radical (unpaired) electrons. The van der Waals surface area contributed by atoms with Crippen LogP contribution in [0.15, 0.2) is 34.2 Å². The van der Waals surface area contributed by atoms with Gasteiger partial charge in [0.2, 0.25) is 0 Å². The largest absolute Gasteiger partial charge is 0.379 e. The van der Waals surface area contributed by atoms with Crippen LogP contribution in [0.5, 0.6) is 0 Å². The van der Waals surface area contributed by atoms with Gasteiger partial charge in [-0.1, -0.05) is 23.9 Å². The highest BCUT2D eigenvalue weighted by atomic mass is 32.2. The van der Waals surface area contributed by atoms with Crippen LogP contribution in [0.3, 0.4) is 0 Å². The topological polar surface area (TPSA) is 47.4 Å². The van der Waals surface area contributed by atoms with Crippen LogP contribution in [0.1, 0.15) is 18.9 Å². The molecule has 2 aromatic rings. The van der Waals surface area contributed by atoms with E-state index in [4.69, 9.17) is 9.72 Å². The van der Waals surface area contributed by atoms with Crippen LogP contribution in [0.25, 0.3) is 10.9 Å². The van der Waals surface area contributed by atoms with E-state index in [0.29, 0.717) is 6.04 Å². The third-order valence-corrected chi connectivity index (χ3v) is 5.36. The van der Waals surface area contributed by atoms with E-state index in [1.54, 1.807) is 11.8 Å². The van der Waals surface area contributed by atoms with Crippen molar-refractivity contribution in [2.45, 2.75) is 24.0 Å². The summed E-state index contributed by atoms with van der Waals surface area (Å²) in [6.07, 6.45) is 2.19. The second-order valence-corrected chi connectivity index (χ2v) is 7.18. The molecular weight excluding hydrogens is 310 g/mol. The Hall–Kier alpha value is -1.37. The number of para-hydroxylation sites is 1. The van der Waals surface area contributed by atoms with Crippen LogP contribution in [0.4, 0.5) is 0 Å². The first-order valence-corrected chi connectivity index (χ1v) is 9.26. The van der Waals surface area contributed by atoms with Crippen molar-refractivity contribution in [3.63, 3.8) is 0 Å². The summed E-state index contributed by atoms with van der Waals surface area (Å²) >= 11 is 1.71. The smallest absolute Gasteiger partial charge is 0.262 e. The van der Waals surface area contributed by atoms with Gasteiger partial charge in [-0.15, -0.1) is 0 Å². The molecule has 1 aromatic carbocycles. The maximum absolute atomic E-state index is 12.8. The molecule has 1 saturated heterocycles. The van der Waals surface area contributed by atoms with E-state index in [9.17, 15) is 4.79 Å². The van der Waals surface area contributed by atoms with Crippen LogP contribution in [0.2, 0.25) is 0 Å². The number of aromatic nitrogens is 2. The Kier molecular flexibility index (Phi) is 4.37. The zero-order chi connectivity index (χ0) is 15.6. The van der Waals surface area contributed by atoms with Crippen LogP contribution in [0, 0.1) is 0 Å². The highest BCUT2D eigenvalue weighted by molar-refractivity contribution is 7.99. The first-order valence-electron chi connectivity index (χ1n) is 8.27. The molecule has 122 valence electrons.